The number of carbonyl (C=O) groups excluding carboxylic acids is 4. The predicted molar refractivity (Wildman–Crippen MR) is 111 cm³/mol. The molecule has 0 saturated carbocycles. The molecule has 2 aromatic carbocycles. The van der Waals surface area contributed by atoms with Crippen molar-refractivity contribution in [3.05, 3.63) is 58.7 Å². The minimum atomic E-state index is -0.948. The molecule has 0 aromatic heterocycles. The smallest absolute Gasteiger partial charge is 0.338 e. The van der Waals surface area contributed by atoms with Crippen LogP contribution in [-0.4, -0.2) is 36.2 Å². The quantitative estimate of drug-likeness (QED) is 0.623. The van der Waals surface area contributed by atoms with E-state index in [0.29, 0.717) is 42.6 Å². The second kappa shape index (κ2) is 7.74. The Morgan fingerprint density at radius 1 is 1.00 bits per heavy atom. The van der Waals surface area contributed by atoms with Crippen LogP contribution in [0.15, 0.2) is 36.4 Å². The number of nitrogens with zero attached hydrogens (tertiary/aromatic N) is 1. The first-order valence-electron chi connectivity index (χ1n) is 9.92. The van der Waals surface area contributed by atoms with E-state index in [1.54, 1.807) is 48.2 Å². The number of rotatable bonds is 4. The molecule has 2 aromatic rings. The van der Waals surface area contributed by atoms with E-state index in [1.807, 2.05) is 0 Å². The number of ketones is 1. The van der Waals surface area contributed by atoms with E-state index in [1.165, 1.54) is 6.92 Å². The van der Waals surface area contributed by atoms with Gasteiger partial charge in [0.2, 0.25) is 17.6 Å². The normalized spacial score (nSPS) is 15.7. The Morgan fingerprint density at radius 3 is 2.50 bits per heavy atom. The molecule has 2 heterocycles. The van der Waals surface area contributed by atoms with E-state index in [-0.39, 0.29) is 17.6 Å². The Hall–Kier alpha value is -3.48. The van der Waals surface area contributed by atoms with Gasteiger partial charge >= 0.3 is 5.97 Å². The second-order valence-electron chi connectivity index (χ2n) is 7.60. The third-order valence-electron chi connectivity index (χ3n) is 5.53. The summed E-state index contributed by atoms with van der Waals surface area (Å²) in [6.07, 6.45) is 0.676. The van der Waals surface area contributed by atoms with Gasteiger partial charge in [0.25, 0.3) is 0 Å². The van der Waals surface area contributed by atoms with Gasteiger partial charge in [-0.2, -0.15) is 0 Å². The van der Waals surface area contributed by atoms with Crippen molar-refractivity contribution >= 4 is 34.9 Å². The molecule has 7 nitrogen and oxygen atoms in total. The molecule has 7 heteroatoms. The van der Waals surface area contributed by atoms with Crippen LogP contribution in [0.4, 0.5) is 11.4 Å². The number of hydrogen-bond donors (Lipinski definition) is 1. The lowest BCUT2D eigenvalue weighted by Gasteiger charge is -2.18. The molecule has 0 bridgehead atoms. The maximum atomic E-state index is 12.8. The number of esters is 1. The molecule has 2 aliphatic heterocycles. The van der Waals surface area contributed by atoms with Gasteiger partial charge in [0, 0.05) is 36.8 Å². The molecule has 4 rings (SSSR count). The zero-order valence-electron chi connectivity index (χ0n) is 16.9. The fraction of sp³-hybridized carbons (Fsp3) is 0.304. The molecule has 2 amide bonds. The average Bonchev–Trinajstić information content (AvgIpc) is 3.16. The second-order valence-corrected chi connectivity index (χ2v) is 7.60. The van der Waals surface area contributed by atoms with Crippen molar-refractivity contribution in [3.63, 3.8) is 0 Å². The first-order valence-corrected chi connectivity index (χ1v) is 9.92. The highest BCUT2D eigenvalue weighted by Crippen LogP contribution is 2.29. The molecule has 0 aliphatic carbocycles. The summed E-state index contributed by atoms with van der Waals surface area (Å²) in [6.45, 7) is 3.67. The Morgan fingerprint density at radius 2 is 1.73 bits per heavy atom. The number of Topliss-reactive ketones (excluding diaryl/α,β-unsaturated/α-hetero) is 1. The van der Waals surface area contributed by atoms with Crippen LogP contribution in [0.3, 0.4) is 0 Å². The zero-order chi connectivity index (χ0) is 21.4. The Labute approximate surface area is 174 Å². The lowest BCUT2D eigenvalue weighted by molar-refractivity contribution is -0.117. The minimum Gasteiger partial charge on any atom is -0.451 e. The molecule has 30 heavy (non-hydrogen) atoms. The van der Waals surface area contributed by atoms with Crippen LogP contribution in [0.2, 0.25) is 0 Å². The number of anilines is 2. The van der Waals surface area contributed by atoms with Crippen LogP contribution in [-0.2, 0) is 27.2 Å². The Kier molecular flexibility index (Phi) is 5.11. The summed E-state index contributed by atoms with van der Waals surface area (Å²) < 4.78 is 5.40. The molecule has 0 spiro atoms. The first kappa shape index (κ1) is 19.8. The number of hydrogen-bond acceptors (Lipinski definition) is 5. The van der Waals surface area contributed by atoms with Gasteiger partial charge in [-0.3, -0.25) is 14.4 Å². The lowest BCUT2D eigenvalue weighted by Crippen LogP contribution is -2.26. The van der Waals surface area contributed by atoms with E-state index in [0.717, 1.165) is 16.8 Å². The van der Waals surface area contributed by atoms with Gasteiger partial charge in [-0.05, 0) is 67.3 Å². The molecule has 2 aliphatic rings. The maximum absolute atomic E-state index is 12.8. The van der Waals surface area contributed by atoms with Crippen LogP contribution < -0.4 is 10.2 Å². The number of benzene rings is 2. The van der Waals surface area contributed by atoms with E-state index in [2.05, 4.69) is 5.32 Å². The van der Waals surface area contributed by atoms with Crippen molar-refractivity contribution in [2.75, 3.05) is 16.8 Å². The van der Waals surface area contributed by atoms with Gasteiger partial charge in [0.1, 0.15) is 0 Å². The van der Waals surface area contributed by atoms with E-state index < -0.39 is 12.1 Å². The number of fused-ring (bicyclic) bond motifs is 2. The molecule has 0 fully saturated rings. The summed E-state index contributed by atoms with van der Waals surface area (Å²) in [5.41, 5.74) is 4.13. The number of amides is 2. The number of ether oxygens (including phenoxy) is 1. The van der Waals surface area contributed by atoms with Crippen molar-refractivity contribution in [2.24, 2.45) is 0 Å². The van der Waals surface area contributed by atoms with Crippen molar-refractivity contribution in [3.8, 4) is 0 Å². The van der Waals surface area contributed by atoms with Gasteiger partial charge in [-0.15, -0.1) is 0 Å². The van der Waals surface area contributed by atoms with E-state index in [9.17, 15) is 19.2 Å². The van der Waals surface area contributed by atoms with Gasteiger partial charge in [-0.1, -0.05) is 0 Å². The highest BCUT2D eigenvalue weighted by molar-refractivity contribution is 6.03. The van der Waals surface area contributed by atoms with E-state index in [4.69, 9.17) is 4.74 Å². The number of aryl methyl sites for hydroxylation is 1. The van der Waals surface area contributed by atoms with Crippen molar-refractivity contribution < 1.29 is 23.9 Å². The van der Waals surface area contributed by atoms with E-state index >= 15 is 0 Å². The molecule has 0 unspecified atom stereocenters. The van der Waals surface area contributed by atoms with Crippen molar-refractivity contribution in [1.29, 1.82) is 0 Å². The fourth-order valence-corrected chi connectivity index (χ4v) is 3.91. The first-order chi connectivity index (χ1) is 14.3. The number of nitrogens with one attached hydrogen (secondary N) is 1. The molecule has 1 N–H and O–H groups in total. The summed E-state index contributed by atoms with van der Waals surface area (Å²) in [6, 6.07) is 10.1. The van der Waals surface area contributed by atoms with Crippen molar-refractivity contribution in [1.82, 2.24) is 0 Å². The van der Waals surface area contributed by atoms with Crippen molar-refractivity contribution in [2.45, 2.75) is 39.2 Å². The zero-order valence-corrected chi connectivity index (χ0v) is 16.9. The van der Waals surface area contributed by atoms with Crippen LogP contribution >= 0.6 is 0 Å². The highest BCUT2D eigenvalue weighted by atomic mass is 16.5. The largest absolute Gasteiger partial charge is 0.451 e. The summed E-state index contributed by atoms with van der Waals surface area (Å²) in [5.74, 6) is -0.949. The van der Waals surface area contributed by atoms with Crippen LogP contribution in [0.25, 0.3) is 0 Å². The van der Waals surface area contributed by atoms with Gasteiger partial charge in [-0.25, -0.2) is 4.79 Å². The monoisotopic (exact) mass is 406 g/mol. The molecule has 0 saturated heterocycles. The third kappa shape index (κ3) is 3.70. The predicted octanol–water partition coefficient (Wildman–Crippen LogP) is 2.91. The van der Waals surface area contributed by atoms with Crippen LogP contribution in [0, 0.1) is 0 Å². The third-order valence-corrected chi connectivity index (χ3v) is 5.53. The molecule has 1 atom stereocenters. The fourth-order valence-electron chi connectivity index (χ4n) is 3.91. The highest BCUT2D eigenvalue weighted by Gasteiger charge is 2.26. The molecule has 0 radical (unpaired) electrons. The summed E-state index contributed by atoms with van der Waals surface area (Å²) in [4.78, 5) is 50.2. The average molecular weight is 406 g/mol. The molecular formula is C23H22N2O5. The lowest BCUT2D eigenvalue weighted by atomic mass is 10.0. The van der Waals surface area contributed by atoms with Crippen LogP contribution in [0.5, 0.6) is 0 Å². The summed E-state index contributed by atoms with van der Waals surface area (Å²) in [7, 11) is 0. The van der Waals surface area contributed by atoms with Crippen LogP contribution in [0.1, 0.15) is 52.1 Å². The van der Waals surface area contributed by atoms with Gasteiger partial charge < -0.3 is 15.0 Å². The molecular weight excluding hydrogens is 384 g/mol. The minimum absolute atomic E-state index is 0.0280. The summed E-state index contributed by atoms with van der Waals surface area (Å²) >= 11 is 0. The maximum Gasteiger partial charge on any atom is 0.338 e. The molecule has 154 valence electrons. The Balaban J connectivity index is 1.46. The Bertz CT molecular complexity index is 1080. The van der Waals surface area contributed by atoms with Gasteiger partial charge in [0.05, 0.1) is 5.56 Å². The topological polar surface area (TPSA) is 92.8 Å². The standard InChI is InChI=1S/C23H22N2O5/c1-13(22(28)17-4-7-20-16(12-17)9-10-25(20)14(2)26)30-23(29)18-3-6-19-15(11-18)5-8-21(27)24-19/h3-4,6-7,11-13H,5,8-10H2,1-2H3,(H,24,27)/t13-/m1/s1. The van der Waals surface area contributed by atoms with Gasteiger partial charge in [0.15, 0.2) is 6.10 Å². The number of carbonyl (C=O) groups is 4. The summed E-state index contributed by atoms with van der Waals surface area (Å²) in [5, 5.41) is 2.77. The SMILES string of the molecule is CC(=O)N1CCc2cc(C(=O)[C@@H](C)OC(=O)c3ccc4c(c3)CCC(=O)N4)ccc21.